The van der Waals surface area contributed by atoms with Gasteiger partial charge in [0.25, 0.3) is 5.56 Å². The number of ether oxygens (including phenoxy) is 2. The van der Waals surface area contributed by atoms with Gasteiger partial charge in [-0.15, -0.1) is 0 Å². The highest BCUT2D eigenvalue weighted by atomic mass is 35.5. The van der Waals surface area contributed by atoms with Gasteiger partial charge in [-0.25, -0.2) is 0 Å². The number of halogens is 1. The molecule has 3 aromatic rings. The molecule has 194 valence electrons. The highest BCUT2D eigenvalue weighted by molar-refractivity contribution is 6.30. The molecule has 1 aliphatic rings. The Kier molecular flexibility index (Phi) is 8.12. The van der Waals surface area contributed by atoms with Crippen molar-refractivity contribution >= 4 is 29.1 Å². The molecule has 0 saturated carbocycles. The van der Waals surface area contributed by atoms with Crippen molar-refractivity contribution in [1.82, 2.24) is 4.57 Å². The number of methoxy groups -OCH3 is 1. The molecular formula is C28H30ClN3O5. The van der Waals surface area contributed by atoms with E-state index < -0.39 is 11.9 Å². The molecule has 0 saturated heterocycles. The number of pyridine rings is 1. The van der Waals surface area contributed by atoms with Crippen molar-refractivity contribution in [2.45, 2.75) is 51.5 Å². The van der Waals surface area contributed by atoms with Crippen molar-refractivity contribution in [3.05, 3.63) is 86.8 Å². The van der Waals surface area contributed by atoms with Crippen LogP contribution in [0.5, 0.6) is 0 Å². The van der Waals surface area contributed by atoms with Gasteiger partial charge >= 0.3 is 0 Å². The van der Waals surface area contributed by atoms with Gasteiger partial charge in [0, 0.05) is 47.6 Å². The van der Waals surface area contributed by atoms with Crippen molar-refractivity contribution in [3.63, 3.8) is 0 Å². The Morgan fingerprint density at radius 3 is 2.54 bits per heavy atom. The fourth-order valence-corrected chi connectivity index (χ4v) is 4.65. The van der Waals surface area contributed by atoms with Gasteiger partial charge in [0.1, 0.15) is 6.04 Å². The molecule has 2 heterocycles. The molecule has 0 spiro atoms. The zero-order valence-electron chi connectivity index (χ0n) is 21.0. The molecule has 1 aliphatic heterocycles. The molecule has 0 radical (unpaired) electrons. The Morgan fingerprint density at radius 2 is 1.86 bits per heavy atom. The number of benzene rings is 2. The number of fused-ring (bicyclic) bond motifs is 3. The van der Waals surface area contributed by atoms with Crippen molar-refractivity contribution < 1.29 is 19.1 Å². The summed E-state index contributed by atoms with van der Waals surface area (Å²) >= 11 is 6.31. The predicted molar refractivity (Wildman–Crippen MR) is 143 cm³/mol. The highest BCUT2D eigenvalue weighted by Gasteiger charge is 2.27. The first-order valence-corrected chi connectivity index (χ1v) is 12.4. The van der Waals surface area contributed by atoms with E-state index in [2.05, 4.69) is 5.32 Å². The van der Waals surface area contributed by atoms with E-state index in [1.165, 1.54) is 16.7 Å². The number of nitrogens with zero attached hydrogens (tertiary/aromatic N) is 1. The van der Waals surface area contributed by atoms with Crippen LogP contribution in [0.3, 0.4) is 0 Å². The fourth-order valence-electron chi connectivity index (χ4n) is 4.48. The summed E-state index contributed by atoms with van der Waals surface area (Å²) in [4.78, 5) is 38.3. The number of aromatic nitrogens is 1. The summed E-state index contributed by atoms with van der Waals surface area (Å²) in [6.07, 6.45) is 2.32. The van der Waals surface area contributed by atoms with Crippen LogP contribution < -0.4 is 16.6 Å². The van der Waals surface area contributed by atoms with E-state index in [4.69, 9.17) is 26.8 Å². The van der Waals surface area contributed by atoms with Crippen molar-refractivity contribution in [3.8, 4) is 11.1 Å². The zero-order chi connectivity index (χ0) is 26.7. The van der Waals surface area contributed by atoms with Crippen LogP contribution in [0.25, 0.3) is 11.1 Å². The molecule has 0 aliphatic carbocycles. The van der Waals surface area contributed by atoms with E-state index >= 15 is 0 Å². The van der Waals surface area contributed by atoms with Gasteiger partial charge in [0.15, 0.2) is 0 Å². The Hall–Kier alpha value is -3.46. The van der Waals surface area contributed by atoms with Gasteiger partial charge < -0.3 is 25.1 Å². The number of hydrogen-bond acceptors (Lipinski definition) is 5. The molecule has 8 nitrogen and oxygen atoms in total. The lowest BCUT2D eigenvalue weighted by atomic mass is 9.92. The van der Waals surface area contributed by atoms with Crippen LogP contribution in [0.4, 0.5) is 5.69 Å². The van der Waals surface area contributed by atoms with E-state index in [1.54, 1.807) is 31.5 Å². The van der Waals surface area contributed by atoms with Crippen LogP contribution in [0, 0.1) is 0 Å². The third-order valence-corrected chi connectivity index (χ3v) is 6.82. The van der Waals surface area contributed by atoms with Crippen LogP contribution in [-0.4, -0.2) is 35.7 Å². The second-order valence-corrected chi connectivity index (χ2v) is 9.75. The van der Waals surface area contributed by atoms with E-state index in [0.29, 0.717) is 22.7 Å². The quantitative estimate of drug-likeness (QED) is 0.478. The number of anilines is 1. The van der Waals surface area contributed by atoms with Crippen LogP contribution in [0.2, 0.25) is 5.02 Å². The van der Waals surface area contributed by atoms with Crippen molar-refractivity contribution in [1.29, 1.82) is 0 Å². The van der Waals surface area contributed by atoms with Crippen molar-refractivity contribution in [2.75, 3.05) is 12.4 Å². The summed E-state index contributed by atoms with van der Waals surface area (Å²) in [6, 6.07) is 12.6. The number of carbonyl (C=O) groups excluding carboxylic acids is 2. The van der Waals surface area contributed by atoms with Crippen LogP contribution in [-0.2, 0) is 27.3 Å². The van der Waals surface area contributed by atoms with Gasteiger partial charge in [-0.05, 0) is 73.4 Å². The van der Waals surface area contributed by atoms with Gasteiger partial charge in [0.05, 0.1) is 18.8 Å². The molecule has 9 heteroatoms. The number of nitrogens with two attached hydrogens (primary N) is 1. The molecule has 2 aromatic carbocycles. The second-order valence-electron chi connectivity index (χ2n) is 9.31. The van der Waals surface area contributed by atoms with E-state index in [0.717, 1.165) is 22.3 Å². The lowest BCUT2D eigenvalue weighted by Crippen LogP contribution is -2.35. The minimum atomic E-state index is -0.856. The molecular weight excluding hydrogens is 494 g/mol. The summed E-state index contributed by atoms with van der Waals surface area (Å²) in [7, 11) is 1.56. The largest absolute Gasteiger partial charge is 0.382 e. The molecule has 37 heavy (non-hydrogen) atoms. The summed E-state index contributed by atoms with van der Waals surface area (Å²) < 4.78 is 12.9. The van der Waals surface area contributed by atoms with Gasteiger partial charge in [-0.1, -0.05) is 17.7 Å². The number of carbonyl (C=O) groups is 2. The first-order chi connectivity index (χ1) is 17.7. The molecule has 1 aromatic heterocycles. The summed E-state index contributed by atoms with van der Waals surface area (Å²) in [5, 5.41) is 3.42. The Morgan fingerprint density at radius 1 is 1.16 bits per heavy atom. The van der Waals surface area contributed by atoms with E-state index in [1.807, 2.05) is 32.0 Å². The minimum Gasteiger partial charge on any atom is -0.382 e. The Labute approximate surface area is 220 Å². The third-order valence-electron chi connectivity index (χ3n) is 6.59. The van der Waals surface area contributed by atoms with E-state index in [9.17, 15) is 14.4 Å². The standard InChI is InChI=1S/C28H30ClN3O5/c1-16(36-3)11-25(28(35)31-22-8-5-18(6-9-22)27(30)34)32-14-20-15-37-17(2)10-19-4-7-21(29)12-23(19)24(20)13-26(32)33/h4-9,12-14,16-17,25H,10-11,15H2,1-3H3,(H2,30,34)(H,31,35). The maximum Gasteiger partial charge on any atom is 0.251 e. The fraction of sp³-hybridized carbons (Fsp3) is 0.321. The lowest BCUT2D eigenvalue weighted by Gasteiger charge is -2.26. The predicted octanol–water partition coefficient (Wildman–Crippen LogP) is 4.33. The average Bonchev–Trinajstić information content (AvgIpc) is 2.87. The first-order valence-electron chi connectivity index (χ1n) is 12.0. The van der Waals surface area contributed by atoms with Gasteiger partial charge in [-0.2, -0.15) is 0 Å². The molecule has 3 atom stereocenters. The van der Waals surface area contributed by atoms with E-state index in [-0.39, 0.29) is 36.7 Å². The Bertz CT molecular complexity index is 1370. The monoisotopic (exact) mass is 523 g/mol. The maximum absolute atomic E-state index is 13.5. The highest BCUT2D eigenvalue weighted by Crippen LogP contribution is 2.33. The minimum absolute atomic E-state index is 0.0376. The summed E-state index contributed by atoms with van der Waals surface area (Å²) in [6.45, 7) is 4.12. The molecule has 4 rings (SSSR count). The summed E-state index contributed by atoms with van der Waals surface area (Å²) in [5.74, 6) is -0.947. The average molecular weight is 524 g/mol. The molecule has 3 N–H and O–H groups in total. The SMILES string of the molecule is COC(C)CC(C(=O)Nc1ccc(C(N)=O)cc1)n1cc2c(cc1=O)-c1cc(Cl)ccc1CC(C)OC2. The molecule has 0 bridgehead atoms. The zero-order valence-corrected chi connectivity index (χ0v) is 21.7. The molecule has 3 unspecified atom stereocenters. The smallest absolute Gasteiger partial charge is 0.251 e. The third kappa shape index (κ3) is 6.10. The first kappa shape index (κ1) is 26.6. The molecule has 2 amide bonds. The van der Waals surface area contributed by atoms with Gasteiger partial charge in [-0.3, -0.25) is 14.4 Å². The van der Waals surface area contributed by atoms with Gasteiger partial charge in [0.2, 0.25) is 11.8 Å². The summed E-state index contributed by atoms with van der Waals surface area (Å²) in [5.41, 5.74) is 9.23. The normalized spacial score (nSPS) is 16.5. The maximum atomic E-state index is 13.5. The van der Waals surface area contributed by atoms with Crippen molar-refractivity contribution in [2.24, 2.45) is 5.73 Å². The number of primary amides is 1. The number of amides is 2. The topological polar surface area (TPSA) is 113 Å². The van der Waals surface area contributed by atoms with Crippen LogP contribution in [0.1, 0.15) is 47.8 Å². The molecule has 0 fully saturated rings. The van der Waals surface area contributed by atoms with Crippen LogP contribution in [0.15, 0.2) is 59.5 Å². The lowest BCUT2D eigenvalue weighted by molar-refractivity contribution is -0.120. The Balaban J connectivity index is 1.75. The number of hydrogen-bond donors (Lipinski definition) is 2. The van der Waals surface area contributed by atoms with Crippen LogP contribution >= 0.6 is 11.6 Å². The number of nitrogens with one attached hydrogen (secondary N) is 1. The number of rotatable bonds is 7. The second kappa shape index (κ2) is 11.3.